The smallest absolute Gasteiger partial charge is 0.125 e. The minimum absolute atomic E-state index is 0.145. The van der Waals surface area contributed by atoms with Gasteiger partial charge < -0.3 is 9.84 Å². The molecule has 108 valence electrons. The van der Waals surface area contributed by atoms with Gasteiger partial charge >= 0.3 is 0 Å². The first-order valence-corrected chi connectivity index (χ1v) is 7.65. The van der Waals surface area contributed by atoms with Crippen LogP contribution in [0.2, 0.25) is 0 Å². The highest BCUT2D eigenvalue weighted by Crippen LogP contribution is 2.41. The molecule has 2 nitrogen and oxygen atoms in total. The highest BCUT2D eigenvalue weighted by atomic mass is 16.5. The quantitative estimate of drug-likeness (QED) is 0.777. The Balaban J connectivity index is 1.81. The van der Waals surface area contributed by atoms with Crippen LogP contribution in [0.1, 0.15) is 50.3 Å². The minimum Gasteiger partial charge on any atom is -0.490 e. The average Bonchev–Trinajstić information content (AvgIpc) is 2.38. The van der Waals surface area contributed by atoms with Gasteiger partial charge in [0.25, 0.3) is 0 Å². The van der Waals surface area contributed by atoms with Crippen LogP contribution in [0.3, 0.4) is 0 Å². The van der Waals surface area contributed by atoms with Crippen LogP contribution >= 0.6 is 0 Å². The molecule has 1 aromatic rings. The van der Waals surface area contributed by atoms with E-state index in [1.807, 2.05) is 12.1 Å². The van der Waals surface area contributed by atoms with E-state index < -0.39 is 0 Å². The lowest BCUT2D eigenvalue weighted by Crippen LogP contribution is -2.35. The number of allylic oxidation sites excluding steroid dienone is 2. The molecular formula is C18H24O2. The van der Waals surface area contributed by atoms with Gasteiger partial charge in [0.15, 0.2) is 0 Å². The van der Waals surface area contributed by atoms with Gasteiger partial charge in [0.1, 0.15) is 11.9 Å². The first-order chi connectivity index (χ1) is 9.52. The van der Waals surface area contributed by atoms with Gasteiger partial charge in [-0.3, -0.25) is 0 Å². The van der Waals surface area contributed by atoms with Crippen molar-refractivity contribution in [3.63, 3.8) is 0 Å². The van der Waals surface area contributed by atoms with E-state index in [0.29, 0.717) is 11.8 Å². The summed E-state index contributed by atoms with van der Waals surface area (Å²) in [7, 11) is 0. The monoisotopic (exact) mass is 272 g/mol. The van der Waals surface area contributed by atoms with E-state index in [0.717, 1.165) is 30.6 Å². The maximum Gasteiger partial charge on any atom is 0.125 e. The van der Waals surface area contributed by atoms with Gasteiger partial charge in [0.2, 0.25) is 0 Å². The molecule has 2 heteroatoms. The SMILES string of the molecule is CC1=CC(C)CC(C2C[C@@H](O)c3cc(C)ccc3O2)C1. The topological polar surface area (TPSA) is 29.5 Å². The van der Waals surface area contributed by atoms with Crippen molar-refractivity contribution in [2.24, 2.45) is 11.8 Å². The molecule has 1 aliphatic heterocycles. The highest BCUT2D eigenvalue weighted by Gasteiger charge is 2.34. The number of aliphatic hydroxyl groups is 1. The van der Waals surface area contributed by atoms with E-state index in [2.05, 4.69) is 32.9 Å². The summed E-state index contributed by atoms with van der Waals surface area (Å²) in [5, 5.41) is 10.4. The molecule has 0 saturated heterocycles. The molecule has 3 rings (SSSR count). The third-order valence-electron chi connectivity index (χ3n) is 4.61. The van der Waals surface area contributed by atoms with Gasteiger partial charge in [-0.25, -0.2) is 0 Å². The third kappa shape index (κ3) is 2.62. The Bertz CT molecular complexity index is 532. The molecule has 0 aromatic heterocycles. The van der Waals surface area contributed by atoms with Crippen LogP contribution in [0.25, 0.3) is 0 Å². The summed E-state index contributed by atoms with van der Waals surface area (Å²) in [6.45, 7) is 6.53. The Morgan fingerprint density at radius 1 is 1.20 bits per heavy atom. The fourth-order valence-corrected chi connectivity index (χ4v) is 3.76. The molecule has 0 amide bonds. The van der Waals surface area contributed by atoms with E-state index in [1.165, 1.54) is 11.1 Å². The zero-order valence-corrected chi connectivity index (χ0v) is 12.6. The molecule has 3 unspecified atom stereocenters. The second-order valence-electron chi connectivity index (χ2n) is 6.64. The first kappa shape index (κ1) is 13.7. The average molecular weight is 272 g/mol. The highest BCUT2D eigenvalue weighted by molar-refractivity contribution is 5.40. The molecule has 1 aliphatic carbocycles. The molecule has 0 fully saturated rings. The summed E-state index contributed by atoms with van der Waals surface area (Å²) in [6, 6.07) is 6.11. The molecule has 0 saturated carbocycles. The normalized spacial score (nSPS) is 33.1. The molecule has 0 radical (unpaired) electrons. The number of fused-ring (bicyclic) bond motifs is 1. The standard InChI is InChI=1S/C18H24O2/c1-11-4-5-17-15(9-11)16(19)10-18(20-17)14-7-12(2)6-13(3)8-14/h4-6,9,12,14,16,18-19H,7-8,10H2,1-3H3/t12?,14?,16-,18?/m1/s1. The molecular weight excluding hydrogens is 248 g/mol. The third-order valence-corrected chi connectivity index (χ3v) is 4.61. The maximum absolute atomic E-state index is 10.4. The number of ether oxygens (including phenoxy) is 1. The van der Waals surface area contributed by atoms with E-state index in [4.69, 9.17) is 4.74 Å². The molecule has 1 N–H and O–H groups in total. The van der Waals surface area contributed by atoms with Gasteiger partial charge in [-0.15, -0.1) is 0 Å². The van der Waals surface area contributed by atoms with Gasteiger partial charge in [-0.05, 0) is 44.7 Å². The molecule has 2 aliphatic rings. The molecule has 0 spiro atoms. The van der Waals surface area contributed by atoms with Crippen molar-refractivity contribution in [2.75, 3.05) is 0 Å². The van der Waals surface area contributed by atoms with Crippen LogP contribution in [0.5, 0.6) is 5.75 Å². The van der Waals surface area contributed by atoms with Crippen LogP contribution in [0.4, 0.5) is 0 Å². The number of aryl methyl sites for hydroxylation is 1. The van der Waals surface area contributed by atoms with Gasteiger partial charge in [-0.1, -0.05) is 30.2 Å². The van der Waals surface area contributed by atoms with E-state index in [-0.39, 0.29) is 12.2 Å². The minimum atomic E-state index is -0.384. The van der Waals surface area contributed by atoms with E-state index >= 15 is 0 Å². The number of benzene rings is 1. The fourth-order valence-electron chi connectivity index (χ4n) is 3.76. The van der Waals surface area contributed by atoms with Crippen molar-refractivity contribution in [2.45, 2.75) is 52.2 Å². The van der Waals surface area contributed by atoms with E-state index in [1.54, 1.807) is 0 Å². The summed E-state index contributed by atoms with van der Waals surface area (Å²) in [4.78, 5) is 0. The lowest BCUT2D eigenvalue weighted by molar-refractivity contribution is 0.0273. The van der Waals surface area contributed by atoms with Crippen LogP contribution in [-0.2, 0) is 0 Å². The zero-order chi connectivity index (χ0) is 14.3. The van der Waals surface area contributed by atoms with Crippen LogP contribution in [0, 0.1) is 18.8 Å². The van der Waals surface area contributed by atoms with Crippen LogP contribution in [0.15, 0.2) is 29.8 Å². The number of rotatable bonds is 1. The molecule has 20 heavy (non-hydrogen) atoms. The van der Waals surface area contributed by atoms with E-state index in [9.17, 15) is 5.11 Å². The second kappa shape index (κ2) is 5.25. The largest absolute Gasteiger partial charge is 0.490 e. The number of hydrogen-bond donors (Lipinski definition) is 1. The van der Waals surface area contributed by atoms with Crippen LogP contribution in [-0.4, -0.2) is 11.2 Å². The Hall–Kier alpha value is -1.28. The lowest BCUT2D eigenvalue weighted by Gasteiger charge is -2.37. The summed E-state index contributed by atoms with van der Waals surface area (Å²) in [5.74, 6) is 2.02. The Kier molecular flexibility index (Phi) is 3.59. The molecule has 1 heterocycles. The van der Waals surface area contributed by atoms with Gasteiger partial charge in [0, 0.05) is 17.9 Å². The maximum atomic E-state index is 10.4. The molecule has 4 atom stereocenters. The number of hydrogen-bond acceptors (Lipinski definition) is 2. The van der Waals surface area contributed by atoms with Crippen LogP contribution < -0.4 is 4.74 Å². The van der Waals surface area contributed by atoms with Crippen molar-refractivity contribution in [3.8, 4) is 5.75 Å². The second-order valence-corrected chi connectivity index (χ2v) is 6.64. The number of aliphatic hydroxyl groups excluding tert-OH is 1. The molecule has 1 aromatic carbocycles. The predicted octanol–water partition coefficient (Wildman–Crippen LogP) is 4.17. The Morgan fingerprint density at radius 3 is 2.75 bits per heavy atom. The van der Waals surface area contributed by atoms with Gasteiger partial charge in [0.05, 0.1) is 6.10 Å². The van der Waals surface area contributed by atoms with Crippen molar-refractivity contribution >= 4 is 0 Å². The Labute approximate surface area is 121 Å². The Morgan fingerprint density at radius 2 is 2.00 bits per heavy atom. The molecule has 0 bridgehead atoms. The zero-order valence-electron chi connectivity index (χ0n) is 12.6. The van der Waals surface area contributed by atoms with Gasteiger partial charge in [-0.2, -0.15) is 0 Å². The first-order valence-electron chi connectivity index (χ1n) is 7.65. The summed E-state index contributed by atoms with van der Waals surface area (Å²) in [6.07, 6.45) is 5.11. The fraction of sp³-hybridized carbons (Fsp3) is 0.556. The summed E-state index contributed by atoms with van der Waals surface area (Å²) >= 11 is 0. The predicted molar refractivity (Wildman–Crippen MR) is 80.8 cm³/mol. The van der Waals surface area contributed by atoms with Crippen molar-refractivity contribution < 1.29 is 9.84 Å². The van der Waals surface area contributed by atoms with Crippen molar-refractivity contribution in [1.82, 2.24) is 0 Å². The van der Waals surface area contributed by atoms with Crippen molar-refractivity contribution in [1.29, 1.82) is 0 Å². The summed E-state index contributed by atoms with van der Waals surface area (Å²) in [5.41, 5.74) is 3.59. The summed E-state index contributed by atoms with van der Waals surface area (Å²) < 4.78 is 6.21. The lowest BCUT2D eigenvalue weighted by atomic mass is 9.78. The van der Waals surface area contributed by atoms with Crippen molar-refractivity contribution in [3.05, 3.63) is 41.0 Å².